The molecule has 2 aromatic heterocycles. The minimum Gasteiger partial charge on any atom is -0.378 e. The summed E-state index contributed by atoms with van der Waals surface area (Å²) >= 11 is 0. The van der Waals surface area contributed by atoms with E-state index in [-0.39, 0.29) is 11.8 Å². The number of rotatable bonds is 8. The lowest BCUT2D eigenvalue weighted by Gasteiger charge is -2.27. The number of anilines is 4. The van der Waals surface area contributed by atoms with E-state index in [1.165, 1.54) is 0 Å². The number of pyridine rings is 1. The highest BCUT2D eigenvalue weighted by Crippen LogP contribution is 2.25. The highest BCUT2D eigenvalue weighted by Gasteiger charge is 2.17. The van der Waals surface area contributed by atoms with E-state index < -0.39 is 5.82 Å². The van der Waals surface area contributed by atoms with Crippen molar-refractivity contribution in [3.63, 3.8) is 0 Å². The third-order valence-electron chi connectivity index (χ3n) is 5.39. The van der Waals surface area contributed by atoms with Crippen molar-refractivity contribution in [3.05, 3.63) is 84.1 Å². The Kier molecular flexibility index (Phi) is 7.79. The number of nitrogens with one attached hydrogen (secondary N) is 2. The number of nitrogens with zero attached hydrogens (tertiary/aromatic N) is 5. The summed E-state index contributed by atoms with van der Waals surface area (Å²) in [5, 5.41) is 7.50. The van der Waals surface area contributed by atoms with Crippen LogP contribution < -0.4 is 15.6 Å². The van der Waals surface area contributed by atoms with Crippen molar-refractivity contribution >= 4 is 34.9 Å². The fourth-order valence-electron chi connectivity index (χ4n) is 3.71. The lowest BCUT2D eigenvalue weighted by Crippen LogP contribution is -2.37. The van der Waals surface area contributed by atoms with Crippen LogP contribution in [0.2, 0.25) is 0 Å². The fourth-order valence-corrected chi connectivity index (χ4v) is 3.71. The summed E-state index contributed by atoms with van der Waals surface area (Å²) < 4.78 is 19.5. The number of allylic oxidation sites excluding steroid dienone is 3. The van der Waals surface area contributed by atoms with E-state index in [0.29, 0.717) is 32.0 Å². The summed E-state index contributed by atoms with van der Waals surface area (Å²) in [4.78, 5) is 14.4. The first-order valence-electron chi connectivity index (χ1n) is 11.3. The number of hydrogen-bond donors (Lipinski definition) is 2. The molecule has 9 heteroatoms. The van der Waals surface area contributed by atoms with Gasteiger partial charge in [-0.1, -0.05) is 30.4 Å². The van der Waals surface area contributed by atoms with Crippen LogP contribution in [0.15, 0.2) is 72.1 Å². The fraction of sp³-hybridized carbons (Fsp3) is 0.231. The van der Waals surface area contributed by atoms with Crippen molar-refractivity contribution in [2.75, 3.05) is 41.9 Å². The number of hydrazone groups is 1. The van der Waals surface area contributed by atoms with Crippen molar-refractivity contribution in [3.8, 4) is 0 Å². The molecule has 0 saturated carbocycles. The van der Waals surface area contributed by atoms with Crippen molar-refractivity contribution in [1.29, 1.82) is 0 Å². The SMILES string of the molecule is C=C(C)/C(=C\C)c1cccc(Nc2ccc(/C=N/Nc3ncc(F)c(N4CCOCC4)n3)nc2)c1. The van der Waals surface area contributed by atoms with Crippen molar-refractivity contribution < 1.29 is 9.13 Å². The molecule has 1 aromatic carbocycles. The largest absolute Gasteiger partial charge is 0.378 e. The first-order valence-corrected chi connectivity index (χ1v) is 11.3. The Hall–Kier alpha value is -4.11. The predicted molar refractivity (Wildman–Crippen MR) is 139 cm³/mol. The quantitative estimate of drug-likeness (QED) is 0.270. The third-order valence-corrected chi connectivity index (χ3v) is 5.39. The number of benzene rings is 1. The third kappa shape index (κ3) is 6.27. The van der Waals surface area contributed by atoms with E-state index in [9.17, 15) is 4.39 Å². The molecule has 180 valence electrons. The maximum atomic E-state index is 14.2. The Labute approximate surface area is 204 Å². The lowest BCUT2D eigenvalue weighted by molar-refractivity contribution is 0.122. The standard InChI is InChI=1S/C26H28FN7O/c1-4-23(18(2)3)19-6-5-7-20(14-19)31-22-9-8-21(28-15-22)16-30-33-26-29-17-24(27)25(32-26)34-10-12-35-13-11-34/h4-9,14-17,31H,2,10-13H2,1,3H3,(H,29,32,33)/b23-4+,30-16+. The lowest BCUT2D eigenvalue weighted by atomic mass is 9.99. The number of aromatic nitrogens is 3. The van der Waals surface area contributed by atoms with Gasteiger partial charge in [-0.2, -0.15) is 10.1 Å². The van der Waals surface area contributed by atoms with Gasteiger partial charge in [0.2, 0.25) is 5.95 Å². The monoisotopic (exact) mass is 473 g/mol. The van der Waals surface area contributed by atoms with Crippen LogP contribution in [0.25, 0.3) is 5.57 Å². The summed E-state index contributed by atoms with van der Waals surface area (Å²) in [5.74, 6) is -0.0284. The molecular weight excluding hydrogens is 445 g/mol. The molecule has 3 heterocycles. The van der Waals surface area contributed by atoms with E-state index in [1.807, 2.05) is 43.0 Å². The van der Waals surface area contributed by atoms with E-state index in [4.69, 9.17) is 4.74 Å². The average molecular weight is 474 g/mol. The molecule has 35 heavy (non-hydrogen) atoms. The van der Waals surface area contributed by atoms with Crippen molar-refractivity contribution in [2.24, 2.45) is 5.10 Å². The molecular formula is C26H28FN7O. The molecule has 2 N–H and O–H groups in total. The topological polar surface area (TPSA) is 87.6 Å². The van der Waals surface area contributed by atoms with Gasteiger partial charge in [0.25, 0.3) is 0 Å². The molecule has 1 aliphatic rings. The summed E-state index contributed by atoms with van der Waals surface area (Å²) in [6.07, 6.45) is 6.48. The molecule has 0 spiro atoms. The first-order chi connectivity index (χ1) is 17.0. The molecule has 1 fully saturated rings. The Morgan fingerprint density at radius 2 is 1.97 bits per heavy atom. The summed E-state index contributed by atoms with van der Waals surface area (Å²) in [7, 11) is 0. The van der Waals surface area contributed by atoms with Crippen LogP contribution in [-0.2, 0) is 4.74 Å². The van der Waals surface area contributed by atoms with Gasteiger partial charge < -0.3 is 15.0 Å². The number of hydrogen-bond acceptors (Lipinski definition) is 8. The van der Waals surface area contributed by atoms with E-state index in [0.717, 1.165) is 34.3 Å². The highest BCUT2D eigenvalue weighted by atomic mass is 19.1. The Morgan fingerprint density at radius 1 is 1.14 bits per heavy atom. The van der Waals surface area contributed by atoms with Gasteiger partial charge in [0.1, 0.15) is 0 Å². The zero-order valence-corrected chi connectivity index (χ0v) is 19.8. The van der Waals surface area contributed by atoms with E-state index in [2.05, 4.69) is 55.6 Å². The molecule has 0 atom stereocenters. The van der Waals surface area contributed by atoms with E-state index in [1.54, 1.807) is 12.4 Å². The molecule has 0 aliphatic carbocycles. The van der Waals surface area contributed by atoms with Crippen LogP contribution in [0.1, 0.15) is 25.1 Å². The van der Waals surface area contributed by atoms with Crippen molar-refractivity contribution in [1.82, 2.24) is 15.0 Å². The van der Waals surface area contributed by atoms with Crippen LogP contribution in [0.5, 0.6) is 0 Å². The second kappa shape index (κ2) is 11.3. The van der Waals surface area contributed by atoms with Gasteiger partial charge >= 0.3 is 0 Å². The number of ether oxygens (including phenoxy) is 1. The molecule has 1 saturated heterocycles. The van der Waals surface area contributed by atoms with Crippen LogP contribution in [0.4, 0.5) is 27.5 Å². The first kappa shape index (κ1) is 24.0. The molecule has 8 nitrogen and oxygen atoms in total. The zero-order valence-electron chi connectivity index (χ0n) is 19.8. The molecule has 0 unspecified atom stereocenters. The van der Waals surface area contributed by atoms with Crippen LogP contribution in [0.3, 0.4) is 0 Å². The molecule has 0 bridgehead atoms. The van der Waals surface area contributed by atoms with Gasteiger partial charge in [-0.15, -0.1) is 0 Å². The maximum absolute atomic E-state index is 14.2. The minimum atomic E-state index is -0.474. The number of halogens is 1. The normalized spacial score (nSPS) is 14.3. The number of morpholine rings is 1. The average Bonchev–Trinajstić information content (AvgIpc) is 2.87. The maximum Gasteiger partial charge on any atom is 0.245 e. The van der Waals surface area contributed by atoms with Gasteiger partial charge in [0, 0.05) is 18.8 Å². The Balaban J connectivity index is 1.38. The van der Waals surface area contributed by atoms with E-state index >= 15 is 0 Å². The summed E-state index contributed by atoms with van der Waals surface area (Å²) in [6, 6.07) is 11.9. The molecule has 0 amide bonds. The minimum absolute atomic E-state index is 0.206. The van der Waals surface area contributed by atoms with Crippen LogP contribution >= 0.6 is 0 Å². The smallest absolute Gasteiger partial charge is 0.245 e. The molecule has 1 aliphatic heterocycles. The Morgan fingerprint density at radius 3 is 2.69 bits per heavy atom. The molecule has 0 radical (unpaired) electrons. The second-order valence-electron chi connectivity index (χ2n) is 7.99. The van der Waals surface area contributed by atoms with Crippen molar-refractivity contribution in [2.45, 2.75) is 13.8 Å². The Bertz CT molecular complexity index is 1230. The molecule has 4 rings (SSSR count). The summed E-state index contributed by atoms with van der Waals surface area (Å²) in [6.45, 7) is 10.3. The highest BCUT2D eigenvalue weighted by molar-refractivity contribution is 5.80. The van der Waals surface area contributed by atoms with Crippen LogP contribution in [-0.4, -0.2) is 47.5 Å². The zero-order chi connectivity index (χ0) is 24.6. The second-order valence-corrected chi connectivity index (χ2v) is 7.99. The van der Waals surface area contributed by atoms with Gasteiger partial charge in [-0.25, -0.2) is 14.8 Å². The van der Waals surface area contributed by atoms with Gasteiger partial charge in [0.15, 0.2) is 11.6 Å². The van der Waals surface area contributed by atoms with Gasteiger partial charge in [0.05, 0.1) is 43.2 Å². The van der Waals surface area contributed by atoms with Gasteiger partial charge in [-0.05, 0) is 49.2 Å². The summed E-state index contributed by atoms with van der Waals surface area (Å²) in [5.41, 5.74) is 8.43. The van der Waals surface area contributed by atoms with Gasteiger partial charge in [-0.3, -0.25) is 4.98 Å². The predicted octanol–water partition coefficient (Wildman–Crippen LogP) is 5.02. The van der Waals surface area contributed by atoms with Crippen LogP contribution in [0, 0.1) is 5.82 Å². The molecule has 3 aromatic rings.